The van der Waals surface area contributed by atoms with E-state index in [1.54, 1.807) is 0 Å². The van der Waals surface area contributed by atoms with Crippen molar-refractivity contribution in [3.8, 4) is 0 Å². The van der Waals surface area contributed by atoms with Crippen molar-refractivity contribution in [3.05, 3.63) is 52.8 Å². The summed E-state index contributed by atoms with van der Waals surface area (Å²) in [7, 11) is 1.96. The van der Waals surface area contributed by atoms with Gasteiger partial charge in [-0.1, -0.05) is 29.8 Å². The van der Waals surface area contributed by atoms with Gasteiger partial charge in [0.05, 0.1) is 31.0 Å². The molecule has 2 heterocycles. The van der Waals surface area contributed by atoms with E-state index in [1.165, 1.54) is 24.0 Å². The second kappa shape index (κ2) is 10.4. The molecule has 1 saturated carbocycles. The number of hydrogen-bond acceptors (Lipinski definition) is 4. The second-order valence-corrected chi connectivity index (χ2v) is 8.48. The number of benzene rings is 1. The van der Waals surface area contributed by atoms with Gasteiger partial charge in [-0.25, -0.2) is 4.79 Å². The molecule has 2 aromatic rings. The quantitative estimate of drug-likeness (QED) is 0.704. The molecule has 0 bridgehead atoms. The molecule has 4 rings (SSSR count). The van der Waals surface area contributed by atoms with Gasteiger partial charge in [-0.05, 0) is 43.2 Å². The minimum Gasteiger partial charge on any atom is -0.475 e. The fourth-order valence-electron chi connectivity index (χ4n) is 3.74. The van der Waals surface area contributed by atoms with Gasteiger partial charge in [0.1, 0.15) is 0 Å². The summed E-state index contributed by atoms with van der Waals surface area (Å²) in [6.07, 6.45) is 0.703. The van der Waals surface area contributed by atoms with Crippen LogP contribution in [0.25, 0.3) is 0 Å². The monoisotopic (exact) mass is 467 g/mol. The third kappa shape index (κ3) is 6.80. The molecule has 33 heavy (non-hydrogen) atoms. The lowest BCUT2D eigenvalue weighted by atomic mass is 9.99. The van der Waals surface area contributed by atoms with Crippen LogP contribution in [0.3, 0.4) is 0 Å². The molecule has 1 atom stereocenters. The Morgan fingerprint density at radius 1 is 1.18 bits per heavy atom. The number of alkyl halides is 3. The molecule has 7 nitrogen and oxygen atoms in total. The Kier molecular flexibility index (Phi) is 7.78. The van der Waals surface area contributed by atoms with Crippen molar-refractivity contribution in [2.75, 3.05) is 19.8 Å². The second-order valence-electron chi connectivity index (χ2n) is 8.48. The van der Waals surface area contributed by atoms with E-state index in [4.69, 9.17) is 14.6 Å². The Morgan fingerprint density at radius 3 is 2.39 bits per heavy atom. The number of aryl methyl sites for hydroxylation is 2. The van der Waals surface area contributed by atoms with Gasteiger partial charge < -0.3 is 14.7 Å². The molecule has 180 valence electrons. The van der Waals surface area contributed by atoms with Gasteiger partial charge in [0, 0.05) is 20.2 Å². The Hall–Kier alpha value is -2.88. The van der Waals surface area contributed by atoms with Gasteiger partial charge in [0.25, 0.3) is 0 Å². The fraction of sp³-hybridized carbons (Fsp3) is 0.522. The van der Waals surface area contributed by atoms with Gasteiger partial charge in [-0.3, -0.25) is 9.48 Å². The molecular formula is C23H28F3N3O4. The van der Waals surface area contributed by atoms with Crippen molar-refractivity contribution >= 4 is 11.9 Å². The van der Waals surface area contributed by atoms with E-state index < -0.39 is 12.1 Å². The number of hydrogen-bond donors (Lipinski definition) is 1. The zero-order chi connectivity index (χ0) is 24.2. The number of carboxylic acid groups (broad SMARTS) is 1. The molecule has 1 aliphatic heterocycles. The van der Waals surface area contributed by atoms with Crippen LogP contribution in [0.5, 0.6) is 0 Å². The van der Waals surface area contributed by atoms with Gasteiger partial charge in [-0.15, -0.1) is 0 Å². The molecule has 0 spiro atoms. The third-order valence-electron chi connectivity index (χ3n) is 5.74. The highest BCUT2D eigenvalue weighted by molar-refractivity contribution is 5.79. The smallest absolute Gasteiger partial charge is 0.475 e. The lowest BCUT2D eigenvalue weighted by Gasteiger charge is -2.36. The first-order chi connectivity index (χ1) is 15.6. The minimum atomic E-state index is -5.08. The van der Waals surface area contributed by atoms with Gasteiger partial charge in [0.2, 0.25) is 5.91 Å². The van der Waals surface area contributed by atoms with E-state index in [2.05, 4.69) is 24.2 Å². The van der Waals surface area contributed by atoms with Crippen molar-refractivity contribution in [1.82, 2.24) is 14.7 Å². The summed E-state index contributed by atoms with van der Waals surface area (Å²) < 4.78 is 39.6. The maximum Gasteiger partial charge on any atom is 0.490 e. The molecule has 1 aromatic heterocycles. The number of nitrogens with zero attached hydrogens (tertiary/aromatic N) is 3. The lowest BCUT2D eigenvalue weighted by molar-refractivity contribution is -0.192. The van der Waals surface area contributed by atoms with Gasteiger partial charge in [-0.2, -0.15) is 18.3 Å². The zero-order valence-corrected chi connectivity index (χ0v) is 18.6. The maximum atomic E-state index is 13.1. The molecule has 0 saturated heterocycles. The summed E-state index contributed by atoms with van der Waals surface area (Å²) in [5.41, 5.74) is 4.65. The predicted molar refractivity (Wildman–Crippen MR) is 113 cm³/mol. The third-order valence-corrected chi connectivity index (χ3v) is 5.74. The lowest BCUT2D eigenvalue weighted by Crippen LogP contribution is -2.43. The van der Waals surface area contributed by atoms with E-state index in [-0.39, 0.29) is 11.9 Å². The summed E-state index contributed by atoms with van der Waals surface area (Å²) in [5, 5.41) is 11.5. The summed E-state index contributed by atoms with van der Waals surface area (Å²) >= 11 is 0. The highest BCUT2D eigenvalue weighted by Gasteiger charge is 2.38. The Bertz CT molecular complexity index is 968. The number of carboxylic acids is 1. The minimum absolute atomic E-state index is 0.0389. The van der Waals surface area contributed by atoms with Crippen LogP contribution >= 0.6 is 0 Å². The number of rotatable bonds is 6. The van der Waals surface area contributed by atoms with Crippen molar-refractivity contribution in [1.29, 1.82) is 0 Å². The normalized spacial score (nSPS) is 17.7. The molecule has 1 N–H and O–H groups in total. The van der Waals surface area contributed by atoms with Gasteiger partial charge in [0.15, 0.2) is 0 Å². The highest BCUT2D eigenvalue weighted by atomic mass is 19.4. The number of aliphatic carboxylic acids is 1. The molecule has 2 aliphatic rings. The average molecular weight is 467 g/mol. The Labute approximate surface area is 190 Å². The fourth-order valence-corrected chi connectivity index (χ4v) is 3.74. The average Bonchev–Trinajstić information content (AvgIpc) is 3.50. The Balaban J connectivity index is 0.000000383. The standard InChI is InChI=1S/C21H27N3O2.C2HF3O2/c1-15-3-5-16(6-4-15)11-20(25)24-10-9-18-12-22-23(2)21(18)19(24)14-26-13-17-7-8-17;3-2(4,5)1(6)7/h3-6,12,17,19H,7-11,13-14H2,1-2H3;(H,6,7). The SMILES string of the molecule is Cc1ccc(CC(=O)N2CCc3cnn(C)c3C2COCC2CC2)cc1.O=C(O)C(F)(F)F. The van der Waals surface area contributed by atoms with Crippen LogP contribution in [0, 0.1) is 12.8 Å². The molecule has 1 fully saturated rings. The first-order valence-electron chi connectivity index (χ1n) is 10.8. The van der Waals surface area contributed by atoms with Crippen LogP contribution in [0.2, 0.25) is 0 Å². The van der Waals surface area contributed by atoms with E-state index in [1.807, 2.05) is 35.0 Å². The predicted octanol–water partition coefficient (Wildman–Crippen LogP) is 3.46. The van der Waals surface area contributed by atoms with Crippen molar-refractivity contribution in [2.24, 2.45) is 13.0 Å². The van der Waals surface area contributed by atoms with Crippen LogP contribution in [0.15, 0.2) is 30.5 Å². The van der Waals surface area contributed by atoms with Crippen LogP contribution in [-0.4, -0.2) is 57.6 Å². The number of carbonyl (C=O) groups excluding carboxylic acids is 1. The van der Waals surface area contributed by atoms with Crippen LogP contribution in [0.4, 0.5) is 13.2 Å². The Morgan fingerprint density at radius 2 is 1.82 bits per heavy atom. The zero-order valence-electron chi connectivity index (χ0n) is 18.6. The number of fused-ring (bicyclic) bond motifs is 1. The summed E-state index contributed by atoms with van der Waals surface area (Å²) in [4.78, 5) is 23.9. The summed E-state index contributed by atoms with van der Waals surface area (Å²) in [6.45, 7) is 4.17. The largest absolute Gasteiger partial charge is 0.490 e. The highest BCUT2D eigenvalue weighted by Crippen LogP contribution is 2.32. The number of carbonyl (C=O) groups is 2. The van der Waals surface area contributed by atoms with Crippen LogP contribution in [0.1, 0.15) is 41.3 Å². The van der Waals surface area contributed by atoms with E-state index in [9.17, 15) is 18.0 Å². The molecule has 1 amide bonds. The van der Waals surface area contributed by atoms with Crippen LogP contribution in [-0.2, 0) is 34.2 Å². The molecule has 1 aromatic carbocycles. The first-order valence-corrected chi connectivity index (χ1v) is 10.8. The molecular weight excluding hydrogens is 439 g/mol. The molecule has 0 radical (unpaired) electrons. The van der Waals surface area contributed by atoms with E-state index in [0.717, 1.165) is 36.7 Å². The van der Waals surface area contributed by atoms with Crippen molar-refractivity contribution in [3.63, 3.8) is 0 Å². The number of amides is 1. The van der Waals surface area contributed by atoms with Crippen LogP contribution < -0.4 is 0 Å². The van der Waals surface area contributed by atoms with Crippen molar-refractivity contribution < 1.29 is 32.6 Å². The number of aromatic nitrogens is 2. The molecule has 1 aliphatic carbocycles. The van der Waals surface area contributed by atoms with E-state index in [0.29, 0.717) is 13.0 Å². The summed E-state index contributed by atoms with van der Waals surface area (Å²) in [6, 6.07) is 8.18. The van der Waals surface area contributed by atoms with Gasteiger partial charge >= 0.3 is 12.1 Å². The maximum absolute atomic E-state index is 13.1. The number of ether oxygens (including phenoxy) is 1. The van der Waals surface area contributed by atoms with E-state index >= 15 is 0 Å². The first kappa shape index (κ1) is 24.8. The summed E-state index contributed by atoms with van der Waals surface area (Å²) in [5.74, 6) is -1.87. The topological polar surface area (TPSA) is 84.7 Å². The number of halogens is 3. The molecule has 10 heteroatoms. The van der Waals surface area contributed by atoms with Crippen molar-refractivity contribution in [2.45, 2.75) is 44.8 Å². The molecule has 1 unspecified atom stereocenters.